The molecule has 106 valence electrons. The number of aryl methyl sites for hydroxylation is 1. The number of benzene rings is 2. The maximum atomic E-state index is 6.22. The van der Waals surface area contributed by atoms with E-state index in [0.29, 0.717) is 0 Å². The average Bonchev–Trinajstić information content (AvgIpc) is 2.37. The van der Waals surface area contributed by atoms with E-state index in [0.717, 1.165) is 17.3 Å². The molecule has 0 aliphatic heterocycles. The summed E-state index contributed by atoms with van der Waals surface area (Å²) in [6.07, 6.45) is 0. The molecule has 0 aliphatic rings. The van der Waals surface area contributed by atoms with E-state index in [2.05, 4.69) is 55.3 Å². The molecule has 20 heavy (non-hydrogen) atoms. The molecule has 0 radical (unpaired) electrons. The molecular weight excluding hydrogens is 282 g/mol. The van der Waals surface area contributed by atoms with Crippen molar-refractivity contribution in [1.29, 1.82) is 0 Å². The summed E-state index contributed by atoms with van der Waals surface area (Å²) in [5.41, 5.74) is 3.45. The van der Waals surface area contributed by atoms with E-state index in [1.807, 2.05) is 19.1 Å². The third-order valence-corrected chi connectivity index (χ3v) is 5.81. The van der Waals surface area contributed by atoms with Crippen LogP contribution in [-0.2, 0) is 6.54 Å². The predicted molar refractivity (Wildman–Crippen MR) is 92.9 cm³/mol. The van der Waals surface area contributed by atoms with Crippen molar-refractivity contribution >= 4 is 30.5 Å². The van der Waals surface area contributed by atoms with Gasteiger partial charge in [-0.15, -0.1) is 0 Å². The SMILES string of the molecule is Cc1ccc(NCc2ccc([Si](C)(C)C)cc2)c(Cl)c1. The van der Waals surface area contributed by atoms with E-state index >= 15 is 0 Å². The zero-order chi connectivity index (χ0) is 14.8. The van der Waals surface area contributed by atoms with Crippen LogP contribution in [0.15, 0.2) is 42.5 Å². The highest BCUT2D eigenvalue weighted by molar-refractivity contribution is 6.88. The summed E-state index contributed by atoms with van der Waals surface area (Å²) in [6.45, 7) is 9.95. The largest absolute Gasteiger partial charge is 0.380 e. The van der Waals surface area contributed by atoms with Gasteiger partial charge in [0.15, 0.2) is 0 Å². The Labute approximate surface area is 128 Å². The van der Waals surface area contributed by atoms with Gasteiger partial charge in [0.25, 0.3) is 0 Å². The van der Waals surface area contributed by atoms with Gasteiger partial charge in [-0.1, -0.05) is 66.8 Å². The quantitative estimate of drug-likeness (QED) is 0.800. The molecule has 0 saturated heterocycles. The summed E-state index contributed by atoms with van der Waals surface area (Å²) < 4.78 is 0. The van der Waals surface area contributed by atoms with E-state index in [-0.39, 0.29) is 0 Å². The van der Waals surface area contributed by atoms with E-state index in [1.165, 1.54) is 16.3 Å². The number of rotatable bonds is 4. The predicted octanol–water partition coefficient (Wildman–Crippen LogP) is 4.81. The van der Waals surface area contributed by atoms with E-state index in [4.69, 9.17) is 11.6 Å². The van der Waals surface area contributed by atoms with Gasteiger partial charge in [0.2, 0.25) is 0 Å². The minimum atomic E-state index is -1.20. The van der Waals surface area contributed by atoms with Gasteiger partial charge < -0.3 is 5.32 Å². The molecule has 0 unspecified atom stereocenters. The number of anilines is 1. The average molecular weight is 304 g/mol. The Bertz CT molecular complexity index is 585. The first-order valence-corrected chi connectivity index (χ1v) is 10.8. The molecule has 3 heteroatoms. The zero-order valence-electron chi connectivity index (χ0n) is 12.6. The van der Waals surface area contributed by atoms with Gasteiger partial charge >= 0.3 is 0 Å². The van der Waals surface area contributed by atoms with Gasteiger partial charge in [-0.05, 0) is 30.2 Å². The Morgan fingerprint density at radius 2 is 1.65 bits per heavy atom. The molecule has 2 aromatic carbocycles. The first-order valence-electron chi connectivity index (χ1n) is 6.96. The molecule has 0 saturated carbocycles. The number of nitrogens with one attached hydrogen (secondary N) is 1. The standard InChI is InChI=1S/C17H22ClNSi/c1-13-5-10-17(16(18)11-13)19-12-14-6-8-15(9-7-14)20(2,3)4/h5-11,19H,12H2,1-4H3. The molecule has 0 fully saturated rings. The second kappa shape index (κ2) is 6.02. The number of hydrogen-bond donors (Lipinski definition) is 1. The molecule has 1 N–H and O–H groups in total. The highest BCUT2D eigenvalue weighted by Gasteiger charge is 2.15. The molecule has 2 aromatic rings. The van der Waals surface area contributed by atoms with Gasteiger partial charge in [0.1, 0.15) is 0 Å². The van der Waals surface area contributed by atoms with Crippen molar-refractivity contribution in [2.45, 2.75) is 33.1 Å². The Morgan fingerprint density at radius 1 is 1.00 bits per heavy atom. The van der Waals surface area contributed by atoms with Crippen LogP contribution in [-0.4, -0.2) is 8.07 Å². The van der Waals surface area contributed by atoms with Crippen molar-refractivity contribution in [2.75, 3.05) is 5.32 Å². The number of hydrogen-bond acceptors (Lipinski definition) is 1. The zero-order valence-corrected chi connectivity index (χ0v) is 14.4. The molecule has 0 amide bonds. The smallest absolute Gasteiger partial charge is 0.0775 e. The summed E-state index contributed by atoms with van der Waals surface area (Å²) in [7, 11) is -1.20. The van der Waals surface area contributed by atoms with Gasteiger partial charge in [0, 0.05) is 6.54 Å². The summed E-state index contributed by atoms with van der Waals surface area (Å²) in [4.78, 5) is 0. The molecular formula is C17H22ClNSi. The monoisotopic (exact) mass is 303 g/mol. The molecule has 0 bridgehead atoms. The summed E-state index contributed by atoms with van der Waals surface area (Å²) in [6, 6.07) is 15.0. The lowest BCUT2D eigenvalue weighted by Crippen LogP contribution is -2.37. The van der Waals surface area contributed by atoms with Crippen LogP contribution >= 0.6 is 11.6 Å². The summed E-state index contributed by atoms with van der Waals surface area (Å²) >= 11 is 6.22. The van der Waals surface area contributed by atoms with Gasteiger partial charge in [-0.3, -0.25) is 0 Å². The van der Waals surface area contributed by atoms with E-state index in [9.17, 15) is 0 Å². The lowest BCUT2D eigenvalue weighted by molar-refractivity contribution is 1.15. The molecule has 2 rings (SSSR count). The van der Waals surface area contributed by atoms with Crippen LogP contribution in [0.3, 0.4) is 0 Å². The normalized spacial score (nSPS) is 11.4. The van der Waals surface area contributed by atoms with Crippen LogP contribution in [0, 0.1) is 6.92 Å². The third kappa shape index (κ3) is 3.87. The molecule has 0 aliphatic carbocycles. The topological polar surface area (TPSA) is 12.0 Å². The van der Waals surface area contributed by atoms with E-state index in [1.54, 1.807) is 0 Å². The van der Waals surface area contributed by atoms with Crippen molar-refractivity contribution in [3.8, 4) is 0 Å². The van der Waals surface area contributed by atoms with Crippen LogP contribution in [0.25, 0.3) is 0 Å². The van der Waals surface area contributed by atoms with Crippen molar-refractivity contribution in [1.82, 2.24) is 0 Å². The first kappa shape index (κ1) is 15.1. The van der Waals surface area contributed by atoms with Crippen molar-refractivity contribution < 1.29 is 0 Å². The number of halogens is 1. The van der Waals surface area contributed by atoms with Crippen LogP contribution in [0.2, 0.25) is 24.7 Å². The highest BCUT2D eigenvalue weighted by atomic mass is 35.5. The Hall–Kier alpha value is -1.25. The first-order chi connectivity index (χ1) is 9.36. The Balaban J connectivity index is 2.04. The maximum absolute atomic E-state index is 6.22. The van der Waals surface area contributed by atoms with Crippen molar-refractivity contribution in [2.24, 2.45) is 0 Å². The second-order valence-electron chi connectivity index (χ2n) is 6.28. The fourth-order valence-corrected chi connectivity index (χ4v) is 3.55. The maximum Gasteiger partial charge on any atom is 0.0775 e. The minimum Gasteiger partial charge on any atom is -0.380 e. The molecule has 0 aromatic heterocycles. The van der Waals surface area contributed by atoms with Crippen LogP contribution < -0.4 is 10.5 Å². The van der Waals surface area contributed by atoms with Crippen LogP contribution in [0.5, 0.6) is 0 Å². The van der Waals surface area contributed by atoms with Gasteiger partial charge in [-0.2, -0.15) is 0 Å². The van der Waals surface area contributed by atoms with Crippen LogP contribution in [0.1, 0.15) is 11.1 Å². The molecule has 0 atom stereocenters. The van der Waals surface area contributed by atoms with Crippen molar-refractivity contribution in [3.05, 3.63) is 58.6 Å². The fourth-order valence-electron chi connectivity index (χ4n) is 2.08. The van der Waals surface area contributed by atoms with E-state index < -0.39 is 8.07 Å². The summed E-state index contributed by atoms with van der Waals surface area (Å²) in [5.74, 6) is 0. The summed E-state index contributed by atoms with van der Waals surface area (Å²) in [5, 5.41) is 5.67. The third-order valence-electron chi connectivity index (χ3n) is 3.43. The fraction of sp³-hybridized carbons (Fsp3) is 0.294. The van der Waals surface area contributed by atoms with Crippen LogP contribution in [0.4, 0.5) is 5.69 Å². The van der Waals surface area contributed by atoms with Gasteiger partial charge in [-0.25, -0.2) is 0 Å². The highest BCUT2D eigenvalue weighted by Crippen LogP contribution is 2.23. The molecule has 0 heterocycles. The molecule has 0 spiro atoms. The molecule has 1 nitrogen and oxygen atoms in total. The van der Waals surface area contributed by atoms with Crippen molar-refractivity contribution in [3.63, 3.8) is 0 Å². The minimum absolute atomic E-state index is 0.781. The van der Waals surface area contributed by atoms with Gasteiger partial charge in [0.05, 0.1) is 18.8 Å². The second-order valence-corrected chi connectivity index (χ2v) is 11.8. The lowest BCUT2D eigenvalue weighted by atomic mass is 10.2. The lowest BCUT2D eigenvalue weighted by Gasteiger charge is -2.17. The Kier molecular flexibility index (Phi) is 4.56. The Morgan fingerprint density at radius 3 is 2.20 bits per heavy atom.